The zero-order valence-electron chi connectivity index (χ0n) is 10.2. The summed E-state index contributed by atoms with van der Waals surface area (Å²) < 4.78 is 15.0. The minimum atomic E-state index is -0.870. The fourth-order valence-corrected chi connectivity index (χ4v) is 1.67. The zero-order valence-corrected chi connectivity index (χ0v) is 10.2. The molecule has 0 fully saturated rings. The van der Waals surface area contributed by atoms with Crippen molar-refractivity contribution in [2.75, 3.05) is 0 Å². The first-order valence-electron chi connectivity index (χ1n) is 5.60. The Bertz CT molecular complexity index is 610. The molecule has 0 saturated carbocycles. The Morgan fingerprint density at radius 1 is 1.58 bits per heavy atom. The van der Waals surface area contributed by atoms with Crippen LogP contribution in [0.25, 0.3) is 0 Å². The molecule has 0 aliphatic carbocycles. The molecule has 100 valence electrons. The number of aliphatic hydroxyl groups excluding tert-OH is 1. The Balaban J connectivity index is 2.19. The smallest absolute Gasteiger partial charge is 0.304 e. The van der Waals surface area contributed by atoms with Gasteiger partial charge in [0.25, 0.3) is 0 Å². The molecule has 1 N–H and O–H groups in total. The van der Waals surface area contributed by atoms with E-state index in [-0.39, 0.29) is 6.54 Å². The van der Waals surface area contributed by atoms with Gasteiger partial charge >= 0.3 is 5.69 Å². The van der Waals surface area contributed by atoms with Crippen LogP contribution in [0, 0.1) is 15.9 Å². The van der Waals surface area contributed by atoms with Crippen molar-refractivity contribution in [2.45, 2.75) is 19.6 Å². The summed E-state index contributed by atoms with van der Waals surface area (Å²) in [6.45, 7) is 1.90. The van der Waals surface area contributed by atoms with Crippen LogP contribution in [0.3, 0.4) is 0 Å². The average Bonchev–Trinajstić information content (AvgIpc) is 2.77. The van der Waals surface area contributed by atoms with Crippen LogP contribution in [-0.4, -0.2) is 19.8 Å². The number of nitro benzene ring substituents is 1. The second kappa shape index (κ2) is 5.15. The topological polar surface area (TPSA) is 81.2 Å². The van der Waals surface area contributed by atoms with Crippen molar-refractivity contribution in [3.63, 3.8) is 0 Å². The lowest BCUT2D eigenvalue weighted by atomic mass is 10.2. The van der Waals surface area contributed by atoms with E-state index < -0.39 is 22.5 Å². The van der Waals surface area contributed by atoms with E-state index in [4.69, 9.17) is 0 Å². The van der Waals surface area contributed by atoms with Crippen molar-refractivity contribution in [1.82, 2.24) is 9.78 Å². The van der Waals surface area contributed by atoms with E-state index in [1.165, 1.54) is 16.9 Å². The summed E-state index contributed by atoms with van der Waals surface area (Å²) in [5.41, 5.74) is 0.666. The SMILES string of the molecule is CC(O)c1cnn(Cc2ccc([N+](=O)[O-])c(F)c2)c1. The standard InChI is InChI=1S/C12H12FN3O3/c1-8(17)10-5-14-15(7-10)6-9-2-3-12(16(18)19)11(13)4-9/h2-5,7-8,17H,6H2,1H3. The molecular weight excluding hydrogens is 253 g/mol. The molecule has 7 heteroatoms. The molecular formula is C12H12FN3O3. The molecule has 0 spiro atoms. The zero-order chi connectivity index (χ0) is 14.0. The number of aromatic nitrogens is 2. The Morgan fingerprint density at radius 2 is 2.32 bits per heavy atom. The average molecular weight is 265 g/mol. The maximum atomic E-state index is 13.4. The molecule has 1 atom stereocenters. The highest BCUT2D eigenvalue weighted by Gasteiger charge is 2.14. The Kier molecular flexibility index (Phi) is 3.57. The maximum Gasteiger partial charge on any atom is 0.304 e. The van der Waals surface area contributed by atoms with Crippen molar-refractivity contribution in [2.24, 2.45) is 0 Å². The predicted molar refractivity (Wildman–Crippen MR) is 65.0 cm³/mol. The van der Waals surface area contributed by atoms with Crippen LogP contribution in [0.5, 0.6) is 0 Å². The number of nitro groups is 1. The Morgan fingerprint density at radius 3 is 2.84 bits per heavy atom. The van der Waals surface area contributed by atoms with Crippen LogP contribution >= 0.6 is 0 Å². The maximum absolute atomic E-state index is 13.4. The highest BCUT2D eigenvalue weighted by atomic mass is 19.1. The van der Waals surface area contributed by atoms with Gasteiger partial charge in [0.05, 0.1) is 23.8 Å². The summed E-state index contributed by atoms with van der Waals surface area (Å²) in [5.74, 6) is -0.870. The van der Waals surface area contributed by atoms with Crippen LogP contribution in [0.4, 0.5) is 10.1 Å². The van der Waals surface area contributed by atoms with E-state index in [2.05, 4.69) is 5.10 Å². The quantitative estimate of drug-likeness (QED) is 0.677. The number of hydrogen-bond acceptors (Lipinski definition) is 4. The highest BCUT2D eigenvalue weighted by molar-refractivity contribution is 5.35. The summed E-state index contributed by atoms with van der Waals surface area (Å²) in [6, 6.07) is 3.72. The number of rotatable bonds is 4. The van der Waals surface area contributed by atoms with Gasteiger partial charge in [-0.3, -0.25) is 14.8 Å². The van der Waals surface area contributed by atoms with Crippen LogP contribution in [0.2, 0.25) is 0 Å². The van der Waals surface area contributed by atoms with Gasteiger partial charge in [0, 0.05) is 17.8 Å². The minimum absolute atomic E-state index is 0.279. The molecule has 19 heavy (non-hydrogen) atoms. The third-order valence-corrected chi connectivity index (χ3v) is 2.69. The van der Waals surface area contributed by atoms with Crippen LogP contribution in [0.15, 0.2) is 30.6 Å². The second-order valence-corrected chi connectivity index (χ2v) is 4.19. The van der Waals surface area contributed by atoms with E-state index in [0.717, 1.165) is 12.1 Å². The number of hydrogen-bond donors (Lipinski definition) is 1. The molecule has 1 aromatic carbocycles. The second-order valence-electron chi connectivity index (χ2n) is 4.19. The van der Waals surface area contributed by atoms with Crippen molar-refractivity contribution in [3.05, 3.63) is 57.7 Å². The van der Waals surface area contributed by atoms with Gasteiger partial charge in [0.1, 0.15) is 0 Å². The van der Waals surface area contributed by atoms with Crippen LogP contribution in [0.1, 0.15) is 24.2 Å². The van der Waals surface area contributed by atoms with Gasteiger partial charge < -0.3 is 5.11 Å². The third kappa shape index (κ3) is 2.94. The molecule has 0 radical (unpaired) electrons. The van der Waals surface area contributed by atoms with Crippen LogP contribution in [-0.2, 0) is 6.54 Å². The highest BCUT2D eigenvalue weighted by Crippen LogP contribution is 2.19. The van der Waals surface area contributed by atoms with Crippen molar-refractivity contribution < 1.29 is 14.4 Å². The lowest BCUT2D eigenvalue weighted by molar-refractivity contribution is -0.387. The van der Waals surface area contributed by atoms with E-state index in [1.54, 1.807) is 13.1 Å². The number of halogens is 1. The van der Waals surface area contributed by atoms with Gasteiger partial charge in [0.2, 0.25) is 5.82 Å². The van der Waals surface area contributed by atoms with E-state index in [1.807, 2.05) is 0 Å². The number of nitrogens with zero attached hydrogens (tertiary/aromatic N) is 3. The van der Waals surface area contributed by atoms with Crippen molar-refractivity contribution in [1.29, 1.82) is 0 Å². The molecule has 0 bridgehead atoms. The molecule has 6 nitrogen and oxygen atoms in total. The normalized spacial score (nSPS) is 12.4. The number of benzene rings is 1. The molecule has 2 aromatic rings. The molecule has 0 aliphatic heterocycles. The summed E-state index contributed by atoms with van der Waals surface area (Å²) in [4.78, 5) is 9.72. The van der Waals surface area contributed by atoms with E-state index in [9.17, 15) is 19.6 Å². The van der Waals surface area contributed by atoms with E-state index >= 15 is 0 Å². The monoisotopic (exact) mass is 265 g/mol. The summed E-state index contributed by atoms with van der Waals surface area (Å²) >= 11 is 0. The van der Waals surface area contributed by atoms with Gasteiger partial charge in [-0.05, 0) is 18.6 Å². The molecule has 1 unspecified atom stereocenters. The number of aliphatic hydroxyl groups is 1. The lowest BCUT2D eigenvalue weighted by Gasteiger charge is -2.03. The fraction of sp³-hybridized carbons (Fsp3) is 0.250. The third-order valence-electron chi connectivity index (χ3n) is 2.69. The lowest BCUT2D eigenvalue weighted by Crippen LogP contribution is -2.01. The van der Waals surface area contributed by atoms with E-state index in [0.29, 0.717) is 11.1 Å². The fourth-order valence-electron chi connectivity index (χ4n) is 1.67. The Labute approximate surface area is 108 Å². The van der Waals surface area contributed by atoms with Gasteiger partial charge in [-0.1, -0.05) is 6.07 Å². The molecule has 1 aromatic heterocycles. The minimum Gasteiger partial charge on any atom is -0.389 e. The van der Waals surface area contributed by atoms with Crippen molar-refractivity contribution in [3.8, 4) is 0 Å². The Hall–Kier alpha value is -2.28. The van der Waals surface area contributed by atoms with Gasteiger partial charge in [-0.15, -0.1) is 0 Å². The first-order valence-corrected chi connectivity index (χ1v) is 5.60. The summed E-state index contributed by atoms with van der Waals surface area (Å²) in [7, 11) is 0. The predicted octanol–water partition coefficient (Wildman–Crippen LogP) is 2.03. The van der Waals surface area contributed by atoms with Crippen molar-refractivity contribution >= 4 is 5.69 Å². The van der Waals surface area contributed by atoms with Gasteiger partial charge in [-0.25, -0.2) is 0 Å². The van der Waals surface area contributed by atoms with Crippen LogP contribution < -0.4 is 0 Å². The molecule has 1 heterocycles. The largest absolute Gasteiger partial charge is 0.389 e. The molecule has 0 amide bonds. The molecule has 0 saturated heterocycles. The van der Waals surface area contributed by atoms with Gasteiger partial charge in [0.15, 0.2) is 0 Å². The summed E-state index contributed by atoms with van der Waals surface area (Å²) in [6.07, 6.45) is 2.54. The summed E-state index contributed by atoms with van der Waals surface area (Å²) in [5, 5.41) is 23.9. The molecule has 0 aliphatic rings. The first kappa shape index (κ1) is 13.2. The van der Waals surface area contributed by atoms with Gasteiger partial charge in [-0.2, -0.15) is 9.49 Å². The first-order chi connectivity index (χ1) is 8.97. The molecule has 2 rings (SSSR count).